The van der Waals surface area contributed by atoms with Gasteiger partial charge in [0, 0.05) is 23.5 Å². The van der Waals surface area contributed by atoms with Gasteiger partial charge in [-0.1, -0.05) is 18.2 Å². The van der Waals surface area contributed by atoms with Crippen LogP contribution < -0.4 is 5.32 Å². The van der Waals surface area contributed by atoms with Crippen LogP contribution in [0.1, 0.15) is 21.7 Å². The maximum atomic E-state index is 13.1. The largest absolute Gasteiger partial charge is 0.355 e. The zero-order valence-corrected chi connectivity index (χ0v) is 16.4. The molecule has 0 radical (unpaired) electrons. The maximum absolute atomic E-state index is 13.1. The molecule has 0 bridgehead atoms. The van der Waals surface area contributed by atoms with Gasteiger partial charge in [0.05, 0.1) is 38.2 Å². The molecule has 0 spiro atoms. The van der Waals surface area contributed by atoms with E-state index >= 15 is 0 Å². The van der Waals surface area contributed by atoms with Crippen molar-refractivity contribution in [3.8, 4) is 0 Å². The van der Waals surface area contributed by atoms with Gasteiger partial charge in [-0.15, -0.1) is 0 Å². The summed E-state index contributed by atoms with van der Waals surface area (Å²) in [6, 6.07) is 18.1. The molecule has 6 nitrogen and oxygen atoms in total. The fourth-order valence-electron chi connectivity index (χ4n) is 2.98. The molecular weight excluding hydrogens is 384 g/mol. The molecule has 7 heteroatoms. The standard InChI is InChI=1S/C22H18N4O2S/c1-23-22(27)18-7-2-3-8-21(18)29(28)16-10-11-17-19(25-26-20(17)14-16)12-9-15-6-4-5-13-24-15/h2-14H,1H3,(H,23,27)(H,25,26). The number of nitrogens with zero attached hydrogens (tertiary/aromatic N) is 2. The number of rotatable bonds is 5. The Balaban J connectivity index is 1.67. The number of carbonyl (C=O) groups is 1. The number of H-pyrrole nitrogens is 1. The SMILES string of the molecule is CNC(=O)c1ccccc1S(=O)c1ccc2c(C=Cc3ccccn3)n[nH]c2c1. The topological polar surface area (TPSA) is 87.7 Å². The van der Waals surface area contributed by atoms with Gasteiger partial charge in [0.2, 0.25) is 0 Å². The number of aromatic amines is 1. The van der Waals surface area contributed by atoms with Crippen LogP contribution in [0, 0.1) is 0 Å². The van der Waals surface area contributed by atoms with Crippen molar-refractivity contribution < 1.29 is 9.00 Å². The Kier molecular flexibility index (Phi) is 5.31. The molecule has 0 fully saturated rings. The van der Waals surface area contributed by atoms with E-state index in [0.717, 1.165) is 22.3 Å². The van der Waals surface area contributed by atoms with Crippen molar-refractivity contribution in [3.05, 3.63) is 83.8 Å². The van der Waals surface area contributed by atoms with Crippen LogP contribution in [0.25, 0.3) is 23.1 Å². The third-order valence-electron chi connectivity index (χ3n) is 4.44. The van der Waals surface area contributed by atoms with Gasteiger partial charge >= 0.3 is 0 Å². The van der Waals surface area contributed by atoms with Crippen molar-refractivity contribution in [1.82, 2.24) is 20.5 Å². The first-order valence-electron chi connectivity index (χ1n) is 8.97. The van der Waals surface area contributed by atoms with Gasteiger partial charge in [-0.2, -0.15) is 5.10 Å². The Hall–Kier alpha value is -3.58. The molecule has 144 valence electrons. The molecule has 1 amide bonds. The quantitative estimate of drug-likeness (QED) is 0.533. The highest BCUT2D eigenvalue weighted by Gasteiger charge is 2.17. The lowest BCUT2D eigenvalue weighted by Gasteiger charge is -2.08. The van der Waals surface area contributed by atoms with Gasteiger partial charge in [0.25, 0.3) is 5.91 Å². The van der Waals surface area contributed by atoms with Gasteiger partial charge in [-0.3, -0.25) is 14.9 Å². The van der Waals surface area contributed by atoms with E-state index in [9.17, 15) is 9.00 Å². The summed E-state index contributed by atoms with van der Waals surface area (Å²) >= 11 is 0. The van der Waals surface area contributed by atoms with E-state index in [1.807, 2.05) is 36.4 Å². The molecule has 1 atom stereocenters. The summed E-state index contributed by atoms with van der Waals surface area (Å²) in [5.41, 5.74) is 2.78. The third-order valence-corrected chi connectivity index (χ3v) is 5.87. The first-order valence-corrected chi connectivity index (χ1v) is 10.1. The molecule has 4 rings (SSSR count). The van der Waals surface area contributed by atoms with Crippen LogP contribution in [0.3, 0.4) is 0 Å². The third kappa shape index (κ3) is 3.86. The maximum Gasteiger partial charge on any atom is 0.252 e. The number of hydrogen-bond donors (Lipinski definition) is 2. The van der Waals surface area contributed by atoms with Crippen LogP contribution in [0.15, 0.2) is 76.7 Å². The summed E-state index contributed by atoms with van der Waals surface area (Å²) in [7, 11) is 0.0569. The van der Waals surface area contributed by atoms with Crippen LogP contribution in [0.4, 0.5) is 0 Å². The Morgan fingerprint density at radius 3 is 2.69 bits per heavy atom. The summed E-state index contributed by atoms with van der Waals surface area (Å²) in [5.74, 6) is -0.265. The van der Waals surface area contributed by atoms with E-state index < -0.39 is 10.8 Å². The zero-order valence-electron chi connectivity index (χ0n) is 15.6. The number of amides is 1. The van der Waals surface area contributed by atoms with Gasteiger partial charge in [0.1, 0.15) is 0 Å². The number of carbonyl (C=O) groups excluding carboxylic acids is 1. The predicted octanol–water partition coefficient (Wildman–Crippen LogP) is 3.65. The Morgan fingerprint density at radius 2 is 1.90 bits per heavy atom. The van der Waals surface area contributed by atoms with Gasteiger partial charge in [-0.25, -0.2) is 4.21 Å². The van der Waals surface area contributed by atoms with Gasteiger partial charge < -0.3 is 5.32 Å². The van der Waals surface area contributed by atoms with E-state index in [1.165, 1.54) is 0 Å². The lowest BCUT2D eigenvalue weighted by atomic mass is 10.2. The molecule has 1 unspecified atom stereocenters. The smallest absolute Gasteiger partial charge is 0.252 e. The molecular formula is C22H18N4O2S. The molecule has 0 aliphatic carbocycles. The highest BCUT2D eigenvalue weighted by Crippen LogP contribution is 2.25. The van der Waals surface area contributed by atoms with E-state index in [-0.39, 0.29) is 5.91 Å². The molecule has 4 aromatic rings. The summed E-state index contributed by atoms with van der Waals surface area (Å²) in [6.45, 7) is 0. The molecule has 2 aromatic heterocycles. The second-order valence-corrected chi connectivity index (χ2v) is 7.70. The fourth-order valence-corrected chi connectivity index (χ4v) is 4.21. The molecule has 0 aliphatic rings. The van der Waals surface area contributed by atoms with Crippen molar-refractivity contribution in [2.24, 2.45) is 0 Å². The fraction of sp³-hybridized carbons (Fsp3) is 0.0455. The lowest BCUT2D eigenvalue weighted by Crippen LogP contribution is -2.19. The highest BCUT2D eigenvalue weighted by atomic mass is 32.2. The average molecular weight is 402 g/mol. The van der Waals surface area contributed by atoms with Crippen LogP contribution in [0.5, 0.6) is 0 Å². The monoisotopic (exact) mass is 402 g/mol. The molecule has 2 aromatic carbocycles. The number of fused-ring (bicyclic) bond motifs is 1. The number of hydrogen-bond acceptors (Lipinski definition) is 4. The molecule has 0 aliphatic heterocycles. The second kappa shape index (κ2) is 8.20. The summed E-state index contributed by atoms with van der Waals surface area (Å²) in [6.07, 6.45) is 5.51. The van der Waals surface area contributed by atoms with E-state index in [4.69, 9.17) is 0 Å². The van der Waals surface area contributed by atoms with E-state index in [0.29, 0.717) is 15.4 Å². The molecule has 2 heterocycles. The number of nitrogens with one attached hydrogen (secondary N) is 2. The molecule has 0 saturated heterocycles. The van der Waals surface area contributed by atoms with Crippen molar-refractivity contribution in [3.63, 3.8) is 0 Å². The number of pyridine rings is 1. The highest BCUT2D eigenvalue weighted by molar-refractivity contribution is 7.85. The van der Waals surface area contributed by atoms with Crippen molar-refractivity contribution >= 4 is 39.8 Å². The van der Waals surface area contributed by atoms with Crippen molar-refractivity contribution in [2.75, 3.05) is 7.05 Å². The summed E-state index contributed by atoms with van der Waals surface area (Å²) in [5, 5.41) is 10.8. The predicted molar refractivity (Wildman–Crippen MR) is 114 cm³/mol. The van der Waals surface area contributed by atoms with Gasteiger partial charge in [-0.05, 0) is 54.6 Å². The Morgan fingerprint density at radius 1 is 1.07 bits per heavy atom. The van der Waals surface area contributed by atoms with Crippen molar-refractivity contribution in [1.29, 1.82) is 0 Å². The van der Waals surface area contributed by atoms with Crippen LogP contribution in [0.2, 0.25) is 0 Å². The van der Waals surface area contributed by atoms with Crippen LogP contribution in [-0.2, 0) is 10.8 Å². The van der Waals surface area contributed by atoms with Crippen LogP contribution >= 0.6 is 0 Å². The van der Waals surface area contributed by atoms with Crippen molar-refractivity contribution in [2.45, 2.75) is 9.79 Å². The number of benzene rings is 2. The first-order chi connectivity index (χ1) is 14.2. The van der Waals surface area contributed by atoms with E-state index in [2.05, 4.69) is 20.5 Å². The summed E-state index contributed by atoms with van der Waals surface area (Å²) in [4.78, 5) is 17.4. The molecule has 2 N–H and O–H groups in total. The minimum Gasteiger partial charge on any atom is -0.355 e. The lowest BCUT2D eigenvalue weighted by molar-refractivity contribution is 0.0960. The Bertz CT molecular complexity index is 1230. The zero-order chi connectivity index (χ0) is 20.2. The first kappa shape index (κ1) is 18.8. The molecule has 29 heavy (non-hydrogen) atoms. The second-order valence-electron chi connectivity index (χ2n) is 6.25. The Labute approximate surface area is 170 Å². The number of aromatic nitrogens is 3. The minimum absolute atomic E-state index is 0.265. The molecule has 0 saturated carbocycles. The average Bonchev–Trinajstić information content (AvgIpc) is 3.19. The van der Waals surface area contributed by atoms with E-state index in [1.54, 1.807) is 49.6 Å². The minimum atomic E-state index is -1.50. The normalized spacial score (nSPS) is 12.3. The summed E-state index contributed by atoms with van der Waals surface area (Å²) < 4.78 is 13.1. The van der Waals surface area contributed by atoms with Crippen LogP contribution in [-0.4, -0.2) is 32.3 Å². The van der Waals surface area contributed by atoms with Gasteiger partial charge in [0.15, 0.2) is 0 Å².